The molecule has 4 aromatic rings. The van der Waals surface area contributed by atoms with Crippen LogP contribution in [0.5, 0.6) is 5.75 Å². The number of carbonyl (C=O) groups is 1. The molecule has 0 aliphatic carbocycles. The molecule has 0 fully saturated rings. The van der Waals surface area contributed by atoms with E-state index in [0.717, 1.165) is 11.1 Å². The Morgan fingerprint density at radius 3 is 2.71 bits per heavy atom. The SMILES string of the molecule is CCn1cc([C@H](c2ccccc2Cl)[C@H](C)c2nc(C(=O)Nc3cnoc3)c(O)c(=O)n2C)cn1. The zero-order valence-electron chi connectivity index (χ0n) is 18.8. The summed E-state index contributed by atoms with van der Waals surface area (Å²) in [6.07, 6.45) is 6.19. The zero-order chi connectivity index (χ0) is 24.4. The van der Waals surface area contributed by atoms with Gasteiger partial charge in [-0.1, -0.05) is 41.9 Å². The first-order chi connectivity index (χ1) is 16.3. The summed E-state index contributed by atoms with van der Waals surface area (Å²) in [5.41, 5.74) is 0.829. The van der Waals surface area contributed by atoms with Gasteiger partial charge in [0.05, 0.1) is 12.4 Å². The van der Waals surface area contributed by atoms with Gasteiger partial charge in [0.15, 0.2) is 5.69 Å². The zero-order valence-corrected chi connectivity index (χ0v) is 19.5. The lowest BCUT2D eigenvalue weighted by Crippen LogP contribution is -2.29. The molecule has 176 valence electrons. The van der Waals surface area contributed by atoms with Gasteiger partial charge in [0.1, 0.15) is 17.8 Å². The summed E-state index contributed by atoms with van der Waals surface area (Å²) in [6, 6.07) is 7.42. The van der Waals surface area contributed by atoms with E-state index in [0.29, 0.717) is 17.4 Å². The summed E-state index contributed by atoms with van der Waals surface area (Å²) in [5, 5.41) is 21.4. The van der Waals surface area contributed by atoms with Crippen molar-refractivity contribution in [2.75, 3.05) is 5.32 Å². The van der Waals surface area contributed by atoms with Gasteiger partial charge in [-0.05, 0) is 24.1 Å². The van der Waals surface area contributed by atoms with Crippen molar-refractivity contribution in [2.45, 2.75) is 32.2 Å². The van der Waals surface area contributed by atoms with Crippen LogP contribution in [0.1, 0.15) is 53.1 Å². The molecule has 0 aliphatic rings. The minimum Gasteiger partial charge on any atom is -0.501 e. The van der Waals surface area contributed by atoms with E-state index < -0.39 is 28.8 Å². The predicted molar refractivity (Wildman–Crippen MR) is 125 cm³/mol. The lowest BCUT2D eigenvalue weighted by molar-refractivity contribution is 0.101. The number of aryl methyl sites for hydroxylation is 1. The van der Waals surface area contributed by atoms with E-state index in [9.17, 15) is 14.7 Å². The third kappa shape index (κ3) is 4.32. The number of amides is 1. The quantitative estimate of drug-likeness (QED) is 0.412. The molecule has 3 aromatic heterocycles. The fourth-order valence-electron chi connectivity index (χ4n) is 3.96. The molecule has 4 rings (SSSR count). The molecule has 0 saturated heterocycles. The Kier molecular flexibility index (Phi) is 6.51. The third-order valence-electron chi connectivity index (χ3n) is 5.69. The maximum Gasteiger partial charge on any atom is 0.296 e. The van der Waals surface area contributed by atoms with Crippen LogP contribution >= 0.6 is 11.6 Å². The maximum absolute atomic E-state index is 12.9. The number of aromatic hydroxyl groups is 1. The Morgan fingerprint density at radius 2 is 2.06 bits per heavy atom. The molecule has 0 aliphatic heterocycles. The summed E-state index contributed by atoms with van der Waals surface area (Å²) < 4.78 is 7.74. The first kappa shape index (κ1) is 23.2. The minimum atomic E-state index is -0.764. The van der Waals surface area contributed by atoms with Gasteiger partial charge in [-0.15, -0.1) is 0 Å². The van der Waals surface area contributed by atoms with E-state index in [1.807, 2.05) is 38.2 Å². The van der Waals surface area contributed by atoms with E-state index >= 15 is 0 Å². The van der Waals surface area contributed by atoms with Crippen molar-refractivity contribution in [3.05, 3.63) is 87.1 Å². The molecule has 0 spiro atoms. The monoisotopic (exact) mass is 482 g/mol. The van der Waals surface area contributed by atoms with Gasteiger partial charge in [-0.25, -0.2) is 4.98 Å². The van der Waals surface area contributed by atoms with Gasteiger partial charge in [0, 0.05) is 36.6 Å². The Labute approximate surface area is 199 Å². The number of nitrogens with zero attached hydrogens (tertiary/aromatic N) is 5. The van der Waals surface area contributed by atoms with Crippen molar-refractivity contribution < 1.29 is 14.4 Å². The fourth-order valence-corrected chi connectivity index (χ4v) is 4.21. The standard InChI is InChI=1S/C23H23ClN6O4/c1-4-30-11-14(9-25-30)18(16-7-5-6-8-17(16)24)13(2)21-28-19(20(31)23(33)29(21)3)22(32)27-15-10-26-34-12-15/h5-13,18,31H,4H2,1-3H3,(H,27,32)/t13-,18+/m0/s1. The molecule has 34 heavy (non-hydrogen) atoms. The normalized spacial score (nSPS) is 12.9. The minimum absolute atomic E-state index is 0.266. The van der Waals surface area contributed by atoms with Gasteiger partial charge in [-0.3, -0.25) is 18.8 Å². The number of rotatable bonds is 7. The Balaban J connectivity index is 1.83. The molecule has 1 aromatic carbocycles. The molecule has 11 heteroatoms. The average Bonchev–Trinajstić information content (AvgIpc) is 3.51. The smallest absolute Gasteiger partial charge is 0.296 e. The molecule has 2 N–H and O–H groups in total. The number of halogens is 1. The number of benzene rings is 1. The number of hydrogen-bond donors (Lipinski definition) is 2. The van der Waals surface area contributed by atoms with Crippen molar-refractivity contribution in [1.82, 2.24) is 24.5 Å². The Morgan fingerprint density at radius 1 is 1.29 bits per heavy atom. The van der Waals surface area contributed by atoms with Crippen LogP contribution in [0, 0.1) is 0 Å². The summed E-state index contributed by atoms with van der Waals surface area (Å²) in [4.78, 5) is 30.1. The third-order valence-corrected chi connectivity index (χ3v) is 6.03. The maximum atomic E-state index is 12.9. The van der Waals surface area contributed by atoms with Crippen LogP contribution in [-0.2, 0) is 13.6 Å². The van der Waals surface area contributed by atoms with E-state index in [1.165, 1.54) is 24.1 Å². The number of aromatic nitrogens is 5. The largest absolute Gasteiger partial charge is 0.501 e. The van der Waals surface area contributed by atoms with Crippen molar-refractivity contribution in [3.63, 3.8) is 0 Å². The van der Waals surface area contributed by atoms with Crippen molar-refractivity contribution in [2.24, 2.45) is 7.05 Å². The van der Waals surface area contributed by atoms with Crippen molar-refractivity contribution in [1.29, 1.82) is 0 Å². The molecular formula is C23H23ClN6O4. The van der Waals surface area contributed by atoms with E-state index in [-0.39, 0.29) is 11.6 Å². The molecule has 3 heterocycles. The van der Waals surface area contributed by atoms with Crippen LogP contribution in [0.4, 0.5) is 5.69 Å². The van der Waals surface area contributed by atoms with Crippen LogP contribution in [0.15, 0.2) is 58.4 Å². The highest BCUT2D eigenvalue weighted by molar-refractivity contribution is 6.31. The van der Waals surface area contributed by atoms with Crippen molar-refractivity contribution in [3.8, 4) is 5.75 Å². The summed E-state index contributed by atoms with van der Waals surface area (Å²) >= 11 is 6.56. The molecule has 0 unspecified atom stereocenters. The van der Waals surface area contributed by atoms with Gasteiger partial charge in [-0.2, -0.15) is 5.10 Å². The van der Waals surface area contributed by atoms with Crippen LogP contribution in [0.2, 0.25) is 5.02 Å². The van der Waals surface area contributed by atoms with Crippen molar-refractivity contribution >= 4 is 23.2 Å². The highest BCUT2D eigenvalue weighted by atomic mass is 35.5. The van der Waals surface area contributed by atoms with E-state index in [4.69, 9.17) is 16.1 Å². The van der Waals surface area contributed by atoms with Gasteiger partial charge in [0.25, 0.3) is 11.5 Å². The topological polar surface area (TPSA) is 128 Å². The van der Waals surface area contributed by atoms with Crippen LogP contribution in [0.25, 0.3) is 0 Å². The predicted octanol–water partition coefficient (Wildman–Crippen LogP) is 3.53. The number of hydrogen-bond acceptors (Lipinski definition) is 7. The fraction of sp³-hybridized carbons (Fsp3) is 0.261. The van der Waals surface area contributed by atoms with E-state index in [2.05, 4.69) is 20.6 Å². The lowest BCUT2D eigenvalue weighted by Gasteiger charge is -2.26. The van der Waals surface area contributed by atoms with Gasteiger partial charge in [0.2, 0.25) is 5.75 Å². The lowest BCUT2D eigenvalue weighted by atomic mass is 9.82. The summed E-state index contributed by atoms with van der Waals surface area (Å²) in [7, 11) is 1.50. The Hall–Kier alpha value is -3.92. The van der Waals surface area contributed by atoms with Crippen LogP contribution < -0.4 is 10.9 Å². The summed E-state index contributed by atoms with van der Waals surface area (Å²) in [6.45, 7) is 4.56. The molecule has 10 nitrogen and oxygen atoms in total. The second-order valence-electron chi connectivity index (χ2n) is 7.82. The molecule has 1 amide bonds. The highest BCUT2D eigenvalue weighted by Crippen LogP contribution is 2.40. The molecule has 0 radical (unpaired) electrons. The second-order valence-corrected chi connectivity index (χ2v) is 8.22. The molecule has 0 saturated carbocycles. The average molecular weight is 483 g/mol. The van der Waals surface area contributed by atoms with E-state index in [1.54, 1.807) is 16.9 Å². The number of anilines is 1. The first-order valence-electron chi connectivity index (χ1n) is 10.6. The number of carbonyl (C=O) groups excluding carboxylic acids is 1. The summed E-state index contributed by atoms with van der Waals surface area (Å²) in [5.74, 6) is -1.96. The molecule has 0 bridgehead atoms. The van der Waals surface area contributed by atoms with Gasteiger partial charge < -0.3 is 14.9 Å². The first-order valence-corrected chi connectivity index (χ1v) is 11.0. The highest BCUT2D eigenvalue weighted by Gasteiger charge is 2.31. The molecule has 2 atom stereocenters. The van der Waals surface area contributed by atoms with Crippen LogP contribution in [0.3, 0.4) is 0 Å². The van der Waals surface area contributed by atoms with Gasteiger partial charge >= 0.3 is 0 Å². The van der Waals surface area contributed by atoms with Crippen LogP contribution in [-0.4, -0.2) is 35.5 Å². The number of nitrogens with one attached hydrogen (secondary N) is 1. The Bertz CT molecular complexity index is 1380. The molecular weight excluding hydrogens is 460 g/mol. The second kappa shape index (κ2) is 9.52.